The maximum atomic E-state index is 12.1. The molecule has 0 unspecified atom stereocenters. The van der Waals surface area contributed by atoms with Crippen LogP contribution in [0.25, 0.3) is 11.4 Å². The van der Waals surface area contributed by atoms with Crippen LogP contribution in [-0.2, 0) is 5.41 Å². The van der Waals surface area contributed by atoms with E-state index in [1.54, 1.807) is 0 Å². The van der Waals surface area contributed by atoms with E-state index in [0.717, 1.165) is 21.3 Å². The number of halogens is 2. The van der Waals surface area contributed by atoms with E-state index in [-0.39, 0.29) is 11.0 Å². The van der Waals surface area contributed by atoms with Crippen LogP contribution in [0, 0.1) is 10.5 Å². The SMILES string of the molecule is Cc1cc(Br)ccc1-c1nc(C(C)(C)C)c(I)c(=O)[nH]1. The highest BCUT2D eigenvalue weighted by Crippen LogP contribution is 2.27. The number of aromatic nitrogens is 2. The number of hydrogen-bond donors (Lipinski definition) is 1. The van der Waals surface area contributed by atoms with Gasteiger partial charge in [-0.05, 0) is 53.3 Å². The predicted molar refractivity (Wildman–Crippen MR) is 94.1 cm³/mol. The van der Waals surface area contributed by atoms with Crippen LogP contribution in [-0.4, -0.2) is 9.97 Å². The average molecular weight is 447 g/mol. The highest BCUT2D eigenvalue weighted by Gasteiger charge is 2.22. The van der Waals surface area contributed by atoms with Crippen LogP contribution < -0.4 is 5.56 Å². The second kappa shape index (κ2) is 5.60. The fourth-order valence-corrected chi connectivity index (χ4v) is 3.52. The molecule has 0 atom stereocenters. The van der Waals surface area contributed by atoms with E-state index in [1.165, 1.54) is 0 Å². The van der Waals surface area contributed by atoms with Crippen molar-refractivity contribution in [1.29, 1.82) is 0 Å². The van der Waals surface area contributed by atoms with Crippen LogP contribution in [0.5, 0.6) is 0 Å². The first-order valence-electron chi connectivity index (χ1n) is 6.27. The Hall–Kier alpha value is -0.690. The Morgan fingerprint density at radius 1 is 1.30 bits per heavy atom. The zero-order chi connectivity index (χ0) is 15.1. The summed E-state index contributed by atoms with van der Waals surface area (Å²) < 4.78 is 1.68. The van der Waals surface area contributed by atoms with Crippen LogP contribution >= 0.6 is 38.5 Å². The second-order valence-corrected chi connectivity index (χ2v) is 7.78. The minimum Gasteiger partial charge on any atom is -0.306 e. The van der Waals surface area contributed by atoms with Crippen molar-refractivity contribution in [3.63, 3.8) is 0 Å². The summed E-state index contributed by atoms with van der Waals surface area (Å²) in [6, 6.07) is 5.94. The first-order valence-corrected chi connectivity index (χ1v) is 8.14. The Bertz CT molecular complexity index is 717. The number of nitrogens with one attached hydrogen (secondary N) is 1. The Morgan fingerprint density at radius 2 is 1.95 bits per heavy atom. The van der Waals surface area contributed by atoms with Gasteiger partial charge in [0, 0.05) is 15.5 Å². The first kappa shape index (κ1) is 15.7. The van der Waals surface area contributed by atoms with Crippen LogP contribution in [0.4, 0.5) is 0 Å². The molecule has 106 valence electrons. The van der Waals surface area contributed by atoms with Crippen LogP contribution in [0.3, 0.4) is 0 Å². The lowest BCUT2D eigenvalue weighted by molar-refractivity contribution is 0.562. The number of aryl methyl sites for hydroxylation is 1. The maximum Gasteiger partial charge on any atom is 0.264 e. The maximum absolute atomic E-state index is 12.1. The molecule has 0 aliphatic rings. The molecule has 0 aliphatic heterocycles. The molecule has 0 amide bonds. The Kier molecular flexibility index (Phi) is 4.39. The fraction of sp³-hybridized carbons (Fsp3) is 0.333. The number of H-pyrrole nitrogens is 1. The van der Waals surface area contributed by atoms with Gasteiger partial charge in [0.05, 0.1) is 5.69 Å². The molecule has 0 aliphatic carbocycles. The second-order valence-electron chi connectivity index (χ2n) is 5.79. The number of rotatable bonds is 1. The molecule has 20 heavy (non-hydrogen) atoms. The highest BCUT2D eigenvalue weighted by molar-refractivity contribution is 14.1. The summed E-state index contributed by atoms with van der Waals surface area (Å²) in [6.07, 6.45) is 0. The quantitative estimate of drug-likeness (QED) is 0.659. The van der Waals surface area contributed by atoms with E-state index in [0.29, 0.717) is 9.39 Å². The highest BCUT2D eigenvalue weighted by atomic mass is 127. The van der Waals surface area contributed by atoms with Gasteiger partial charge in [-0.3, -0.25) is 4.79 Å². The monoisotopic (exact) mass is 446 g/mol. The largest absolute Gasteiger partial charge is 0.306 e. The minimum atomic E-state index is -0.164. The van der Waals surface area contributed by atoms with E-state index in [9.17, 15) is 4.79 Å². The number of benzene rings is 1. The molecule has 3 nitrogen and oxygen atoms in total. The summed E-state index contributed by atoms with van der Waals surface area (Å²) >= 11 is 5.51. The molecule has 5 heteroatoms. The van der Waals surface area contributed by atoms with Gasteiger partial charge in [0.25, 0.3) is 5.56 Å². The molecular weight excluding hydrogens is 431 g/mol. The molecule has 1 aromatic carbocycles. The van der Waals surface area contributed by atoms with Crippen molar-refractivity contribution < 1.29 is 0 Å². The Morgan fingerprint density at radius 3 is 2.50 bits per heavy atom. The average Bonchev–Trinajstić information content (AvgIpc) is 2.31. The Labute approximate surface area is 140 Å². The van der Waals surface area contributed by atoms with Crippen molar-refractivity contribution in [2.24, 2.45) is 0 Å². The van der Waals surface area contributed by atoms with Crippen molar-refractivity contribution in [1.82, 2.24) is 9.97 Å². The third-order valence-corrected chi connectivity index (χ3v) is 4.51. The smallest absolute Gasteiger partial charge is 0.264 e. The normalized spacial score (nSPS) is 11.7. The summed E-state index contributed by atoms with van der Waals surface area (Å²) in [7, 11) is 0. The fourth-order valence-electron chi connectivity index (χ4n) is 1.98. The van der Waals surface area contributed by atoms with E-state index in [1.807, 2.05) is 25.1 Å². The molecule has 2 rings (SSSR count). The zero-order valence-corrected chi connectivity index (χ0v) is 15.6. The number of hydrogen-bond acceptors (Lipinski definition) is 2. The van der Waals surface area contributed by atoms with Crippen molar-refractivity contribution in [3.8, 4) is 11.4 Å². The van der Waals surface area contributed by atoms with Crippen molar-refractivity contribution in [2.75, 3.05) is 0 Å². The summed E-state index contributed by atoms with van der Waals surface area (Å²) in [4.78, 5) is 19.7. The first-order chi connectivity index (χ1) is 9.20. The van der Waals surface area contributed by atoms with Crippen molar-refractivity contribution in [3.05, 3.63) is 47.9 Å². The van der Waals surface area contributed by atoms with Gasteiger partial charge in [0.1, 0.15) is 9.39 Å². The molecule has 0 bridgehead atoms. The molecule has 0 saturated heterocycles. The third kappa shape index (κ3) is 3.14. The van der Waals surface area contributed by atoms with Gasteiger partial charge in [-0.25, -0.2) is 4.98 Å². The molecular formula is C15H16BrIN2O. The van der Waals surface area contributed by atoms with Gasteiger partial charge in [-0.15, -0.1) is 0 Å². The molecule has 1 aromatic heterocycles. The van der Waals surface area contributed by atoms with Gasteiger partial charge in [-0.1, -0.05) is 36.7 Å². The van der Waals surface area contributed by atoms with E-state index < -0.39 is 0 Å². The van der Waals surface area contributed by atoms with Crippen LogP contribution in [0.1, 0.15) is 32.0 Å². The molecule has 0 fully saturated rings. The van der Waals surface area contributed by atoms with Crippen molar-refractivity contribution in [2.45, 2.75) is 33.1 Å². The summed E-state index contributed by atoms with van der Waals surface area (Å²) in [6.45, 7) is 8.20. The van der Waals surface area contributed by atoms with Gasteiger partial charge < -0.3 is 4.98 Å². The van der Waals surface area contributed by atoms with Crippen molar-refractivity contribution >= 4 is 38.5 Å². The summed E-state index contributed by atoms with van der Waals surface area (Å²) in [5, 5.41) is 0. The lowest BCUT2D eigenvalue weighted by Crippen LogP contribution is -2.24. The summed E-state index contributed by atoms with van der Waals surface area (Å²) in [5.74, 6) is 0.630. The standard InChI is InChI=1S/C15H16BrIN2O/c1-8-7-9(16)5-6-10(8)13-18-12(15(2,3)4)11(17)14(20)19-13/h5-7H,1-4H3,(H,18,19,20). The molecule has 0 spiro atoms. The molecule has 2 aromatic rings. The van der Waals surface area contributed by atoms with Gasteiger partial charge in [-0.2, -0.15) is 0 Å². The van der Waals surface area contributed by atoms with E-state index in [2.05, 4.69) is 69.3 Å². The van der Waals surface area contributed by atoms with Gasteiger partial charge in [0.2, 0.25) is 0 Å². The minimum absolute atomic E-state index is 0.0807. The topological polar surface area (TPSA) is 45.8 Å². The lowest BCUT2D eigenvalue weighted by atomic mass is 9.92. The molecule has 1 N–H and O–H groups in total. The van der Waals surface area contributed by atoms with E-state index in [4.69, 9.17) is 0 Å². The van der Waals surface area contributed by atoms with Gasteiger partial charge in [0.15, 0.2) is 0 Å². The van der Waals surface area contributed by atoms with Crippen LogP contribution in [0.2, 0.25) is 0 Å². The summed E-state index contributed by atoms with van der Waals surface area (Å²) in [5.41, 5.74) is 2.61. The lowest BCUT2D eigenvalue weighted by Gasteiger charge is -2.20. The molecule has 1 heterocycles. The number of nitrogens with zero attached hydrogens (tertiary/aromatic N) is 1. The van der Waals surface area contributed by atoms with E-state index >= 15 is 0 Å². The Balaban J connectivity index is 2.70. The number of aromatic amines is 1. The molecule has 0 radical (unpaired) electrons. The zero-order valence-electron chi connectivity index (χ0n) is 11.8. The van der Waals surface area contributed by atoms with Crippen LogP contribution in [0.15, 0.2) is 27.5 Å². The van der Waals surface area contributed by atoms with Gasteiger partial charge >= 0.3 is 0 Å². The third-order valence-electron chi connectivity index (χ3n) is 3.02. The molecule has 0 saturated carbocycles. The predicted octanol–water partition coefficient (Wildman–Crippen LogP) is 4.41.